The van der Waals surface area contributed by atoms with E-state index in [4.69, 9.17) is 23.9 Å². The average Bonchev–Trinajstić information content (AvgIpc) is 3.79. The Kier molecular flexibility index (Phi) is 6.83. The van der Waals surface area contributed by atoms with Crippen LogP contribution in [0, 0.1) is 5.92 Å². The minimum atomic E-state index is 0.00197. The molecule has 1 aliphatic carbocycles. The smallest absolute Gasteiger partial charge is 0.229 e. The van der Waals surface area contributed by atoms with Crippen molar-refractivity contribution in [1.29, 1.82) is 0 Å². The van der Waals surface area contributed by atoms with Gasteiger partial charge in [-0.15, -0.1) is 0 Å². The number of nitrogens with one attached hydrogen (secondary N) is 2. The number of carbonyl (C=O) groups excluding carboxylic acids is 1. The highest BCUT2D eigenvalue weighted by Crippen LogP contribution is 2.36. The average molecular weight is 565 g/mol. The molecule has 1 saturated heterocycles. The minimum absolute atomic E-state index is 0.00197. The summed E-state index contributed by atoms with van der Waals surface area (Å²) in [5.41, 5.74) is 4.37. The van der Waals surface area contributed by atoms with Crippen molar-refractivity contribution in [1.82, 2.24) is 15.0 Å². The molecule has 3 aromatic heterocycles. The third-order valence-corrected chi connectivity index (χ3v) is 7.80. The first kappa shape index (κ1) is 26.2. The third kappa shape index (κ3) is 5.33. The fourth-order valence-corrected chi connectivity index (χ4v) is 5.30. The van der Waals surface area contributed by atoms with Gasteiger partial charge >= 0.3 is 0 Å². The van der Waals surface area contributed by atoms with Gasteiger partial charge in [0.25, 0.3) is 0 Å². The van der Waals surface area contributed by atoms with Crippen molar-refractivity contribution in [3.8, 4) is 17.2 Å². The molecule has 2 fully saturated rings. The highest BCUT2D eigenvalue weighted by Gasteiger charge is 2.30. The SMILES string of the molecule is COc1ccc(CNc2ncc(-c3nc4cc(N5CCOC(C)C5)ccc4o3)c3cc(NC(=O)C4CC4)ncc23)cc1. The van der Waals surface area contributed by atoms with Gasteiger partial charge in [0.2, 0.25) is 11.8 Å². The molecule has 0 spiro atoms. The number of pyridine rings is 2. The maximum atomic E-state index is 12.5. The molecule has 0 bridgehead atoms. The summed E-state index contributed by atoms with van der Waals surface area (Å²) in [6.45, 7) is 5.02. The van der Waals surface area contributed by atoms with Crippen molar-refractivity contribution in [2.24, 2.45) is 5.92 Å². The summed E-state index contributed by atoms with van der Waals surface area (Å²) in [6.07, 6.45) is 5.52. The lowest BCUT2D eigenvalue weighted by Gasteiger charge is -2.32. The standard InChI is InChI=1S/C32H32N6O4/c1-19-18-38(11-12-41-19)22-7-10-28-27(13-22)36-32(42-28)26-17-35-30(34-15-20-3-8-23(40-2)9-4-20)25-16-33-29(14-24(25)26)37-31(39)21-5-6-21/h3-4,7-10,13-14,16-17,19,21H,5-6,11-12,15,18H2,1-2H3,(H,34,35)(H,33,37,39). The van der Waals surface area contributed by atoms with Crippen LogP contribution in [-0.4, -0.2) is 53.8 Å². The molecule has 42 heavy (non-hydrogen) atoms. The second-order valence-corrected chi connectivity index (χ2v) is 10.9. The molecule has 1 aliphatic heterocycles. The molecular weight excluding hydrogens is 532 g/mol. The number of rotatable bonds is 8. The summed E-state index contributed by atoms with van der Waals surface area (Å²) in [5.74, 6) is 2.51. The molecule has 1 atom stereocenters. The molecule has 5 aromatic rings. The van der Waals surface area contributed by atoms with Crippen LogP contribution < -0.4 is 20.3 Å². The number of carbonyl (C=O) groups is 1. The number of ether oxygens (including phenoxy) is 2. The second-order valence-electron chi connectivity index (χ2n) is 10.9. The molecule has 4 heterocycles. The number of methoxy groups -OCH3 is 1. The van der Waals surface area contributed by atoms with Gasteiger partial charge in [-0.2, -0.15) is 0 Å². The van der Waals surface area contributed by atoms with E-state index in [1.54, 1.807) is 19.5 Å². The molecule has 2 aliphatic rings. The van der Waals surface area contributed by atoms with E-state index in [0.717, 1.165) is 64.8 Å². The quantitative estimate of drug-likeness (QED) is 0.247. The van der Waals surface area contributed by atoms with Crippen molar-refractivity contribution in [2.75, 3.05) is 42.3 Å². The zero-order chi connectivity index (χ0) is 28.6. The van der Waals surface area contributed by atoms with Gasteiger partial charge in [-0.25, -0.2) is 15.0 Å². The molecule has 7 rings (SSSR count). The van der Waals surface area contributed by atoms with Gasteiger partial charge in [0.15, 0.2) is 5.58 Å². The summed E-state index contributed by atoms with van der Waals surface area (Å²) < 4.78 is 17.2. The Morgan fingerprint density at radius 2 is 1.93 bits per heavy atom. The highest BCUT2D eigenvalue weighted by atomic mass is 16.5. The maximum absolute atomic E-state index is 12.5. The molecule has 1 amide bonds. The van der Waals surface area contributed by atoms with Gasteiger partial charge in [-0.1, -0.05) is 12.1 Å². The predicted molar refractivity (Wildman–Crippen MR) is 162 cm³/mol. The molecule has 2 N–H and O–H groups in total. The van der Waals surface area contributed by atoms with Gasteiger partial charge < -0.3 is 29.4 Å². The lowest BCUT2D eigenvalue weighted by atomic mass is 10.1. The van der Waals surface area contributed by atoms with Gasteiger partial charge in [0, 0.05) is 54.4 Å². The predicted octanol–water partition coefficient (Wildman–Crippen LogP) is 5.63. The van der Waals surface area contributed by atoms with Crippen molar-refractivity contribution >= 4 is 45.1 Å². The number of anilines is 3. The van der Waals surface area contributed by atoms with Crippen molar-refractivity contribution in [3.05, 3.63) is 66.5 Å². The number of aromatic nitrogens is 3. The second kappa shape index (κ2) is 10.9. The van der Waals surface area contributed by atoms with E-state index in [1.165, 1.54) is 0 Å². The minimum Gasteiger partial charge on any atom is -0.497 e. The van der Waals surface area contributed by atoms with Crippen molar-refractivity contribution < 1.29 is 18.7 Å². The van der Waals surface area contributed by atoms with E-state index in [-0.39, 0.29) is 17.9 Å². The van der Waals surface area contributed by atoms with Crippen LogP contribution in [0.25, 0.3) is 33.3 Å². The summed E-state index contributed by atoms with van der Waals surface area (Å²) in [5, 5.41) is 8.04. The number of nitrogens with zero attached hydrogens (tertiary/aromatic N) is 4. The first-order valence-corrected chi connectivity index (χ1v) is 14.3. The van der Waals surface area contributed by atoms with Crippen LogP contribution in [0.2, 0.25) is 0 Å². The zero-order valence-electron chi connectivity index (χ0n) is 23.6. The van der Waals surface area contributed by atoms with Crippen LogP contribution in [0.15, 0.2) is 65.3 Å². The summed E-state index contributed by atoms with van der Waals surface area (Å²) >= 11 is 0. The molecule has 0 radical (unpaired) electrons. The van der Waals surface area contributed by atoms with Gasteiger partial charge in [0.05, 0.1) is 25.4 Å². The third-order valence-electron chi connectivity index (χ3n) is 7.80. The van der Waals surface area contributed by atoms with Crippen molar-refractivity contribution in [3.63, 3.8) is 0 Å². The monoisotopic (exact) mass is 564 g/mol. The fourth-order valence-electron chi connectivity index (χ4n) is 5.30. The Hall–Kier alpha value is -4.70. The normalized spacial score (nSPS) is 17.0. The van der Waals surface area contributed by atoms with Crippen molar-refractivity contribution in [2.45, 2.75) is 32.4 Å². The van der Waals surface area contributed by atoms with Crippen LogP contribution in [0.1, 0.15) is 25.3 Å². The molecule has 1 saturated carbocycles. The molecule has 10 nitrogen and oxygen atoms in total. The summed E-state index contributed by atoms with van der Waals surface area (Å²) in [4.78, 5) is 29.0. The number of fused-ring (bicyclic) bond motifs is 2. The van der Waals surface area contributed by atoms with E-state index in [2.05, 4.69) is 39.6 Å². The van der Waals surface area contributed by atoms with Crippen LogP contribution in [0.4, 0.5) is 17.3 Å². The Morgan fingerprint density at radius 3 is 2.71 bits per heavy atom. The number of morpholine rings is 1. The van der Waals surface area contributed by atoms with Crippen LogP contribution in [0.5, 0.6) is 5.75 Å². The number of amides is 1. The largest absolute Gasteiger partial charge is 0.497 e. The number of hydrogen-bond donors (Lipinski definition) is 2. The van der Waals surface area contributed by atoms with Gasteiger partial charge in [-0.05, 0) is 61.7 Å². The topological polar surface area (TPSA) is 115 Å². The number of benzene rings is 2. The van der Waals surface area contributed by atoms with E-state index in [1.807, 2.05) is 36.4 Å². The van der Waals surface area contributed by atoms with E-state index < -0.39 is 0 Å². The van der Waals surface area contributed by atoms with Gasteiger partial charge in [-0.3, -0.25) is 4.79 Å². The van der Waals surface area contributed by atoms with Gasteiger partial charge in [0.1, 0.15) is 22.9 Å². The van der Waals surface area contributed by atoms with E-state index in [0.29, 0.717) is 36.3 Å². The van der Waals surface area contributed by atoms with Crippen LogP contribution in [-0.2, 0) is 16.1 Å². The van der Waals surface area contributed by atoms with Crippen LogP contribution in [0.3, 0.4) is 0 Å². The lowest BCUT2D eigenvalue weighted by Crippen LogP contribution is -2.41. The first-order valence-electron chi connectivity index (χ1n) is 14.3. The van der Waals surface area contributed by atoms with E-state index >= 15 is 0 Å². The van der Waals surface area contributed by atoms with E-state index in [9.17, 15) is 4.79 Å². The Balaban J connectivity index is 1.24. The summed E-state index contributed by atoms with van der Waals surface area (Å²) in [6, 6.07) is 15.8. The Bertz CT molecular complexity index is 1770. The molecule has 214 valence electrons. The fraction of sp³-hybridized carbons (Fsp3) is 0.312. The molecule has 2 aromatic carbocycles. The summed E-state index contributed by atoms with van der Waals surface area (Å²) in [7, 11) is 1.65. The number of oxazole rings is 1. The lowest BCUT2D eigenvalue weighted by molar-refractivity contribution is -0.117. The first-order chi connectivity index (χ1) is 20.5. The maximum Gasteiger partial charge on any atom is 0.229 e. The zero-order valence-corrected chi connectivity index (χ0v) is 23.6. The van der Waals surface area contributed by atoms with Crippen LogP contribution >= 0.6 is 0 Å². The Labute approximate surface area is 243 Å². The molecule has 1 unspecified atom stereocenters. The molecule has 10 heteroatoms. The number of hydrogen-bond acceptors (Lipinski definition) is 9. The Morgan fingerprint density at radius 1 is 1.07 bits per heavy atom. The molecular formula is C32H32N6O4. The highest BCUT2D eigenvalue weighted by molar-refractivity contribution is 6.03.